The number of hydrogen-bond donors (Lipinski definition) is 5. The van der Waals surface area contributed by atoms with Crippen LogP contribution in [0.25, 0.3) is 0 Å². The quantitative estimate of drug-likeness (QED) is 0.0687. The summed E-state index contributed by atoms with van der Waals surface area (Å²) >= 11 is 2.19. The van der Waals surface area contributed by atoms with Crippen molar-refractivity contribution in [2.24, 2.45) is 5.16 Å². The van der Waals surface area contributed by atoms with E-state index in [0.717, 1.165) is 71.4 Å². The molecule has 0 radical (unpaired) electrons. The summed E-state index contributed by atoms with van der Waals surface area (Å²) in [5, 5.41) is 48.6. The fourth-order valence-corrected chi connectivity index (χ4v) is 7.47. The Bertz CT molecular complexity index is 1630. The van der Waals surface area contributed by atoms with Gasteiger partial charge in [-0.05, 0) is 23.8 Å². The van der Waals surface area contributed by atoms with Crippen LogP contribution in [0.5, 0.6) is 11.5 Å². The number of quaternary nitrogens is 1. The number of fused-ring (bicyclic) bond motifs is 1. The van der Waals surface area contributed by atoms with Crippen LogP contribution in [0.3, 0.4) is 0 Å². The number of carboxylic acid groups (broad SMARTS) is 2. The number of carboxylic acids is 2. The Morgan fingerprint density at radius 2 is 2.02 bits per heavy atom. The number of anilines is 1. The van der Waals surface area contributed by atoms with E-state index in [-0.39, 0.29) is 22.1 Å². The van der Waals surface area contributed by atoms with Gasteiger partial charge in [-0.2, -0.15) is 0 Å². The first kappa shape index (κ1) is 31.8. The maximum Gasteiger partial charge on any atom is 0.352 e. The molecule has 2 aromatic rings. The Morgan fingerprint density at radius 1 is 1.29 bits per heavy atom. The zero-order chi connectivity index (χ0) is 32.5. The van der Waals surface area contributed by atoms with E-state index in [1.807, 2.05) is 6.08 Å². The van der Waals surface area contributed by atoms with E-state index in [0.29, 0.717) is 17.5 Å². The molecule has 2 fully saturated rings. The minimum Gasteiger partial charge on any atom is -0.545 e. The van der Waals surface area contributed by atoms with E-state index in [2.05, 4.69) is 22.5 Å². The molecule has 0 aliphatic carbocycles. The van der Waals surface area contributed by atoms with Crippen LogP contribution in [0, 0.1) is 0 Å². The second-order valence-electron chi connectivity index (χ2n) is 11.0. The van der Waals surface area contributed by atoms with Gasteiger partial charge in [-0.1, -0.05) is 17.3 Å². The van der Waals surface area contributed by atoms with Crippen LogP contribution in [-0.2, 0) is 29.6 Å². The van der Waals surface area contributed by atoms with Gasteiger partial charge in [0.25, 0.3) is 11.8 Å². The number of hydrogen-bond acceptors (Lipinski definition) is 13. The number of phenols is 2. The molecule has 2 amide bonds. The Hall–Kier alpha value is -4.61. The standard InChI is InChI=1S/C28H30N6O9S2/c1-34(8-2-3-9-34)10-4-5-15-13-44-24-21(23(38)33(24)22(15)25(39)40)32-20(37)12-30-43-28(26(41)42,19-14-45-27(29)31-19)16-6-7-17(35)18(36)11-16/h4-7,11-12,14,21,24H,2-3,8-10,13H2,1H3,(H6-,29,30,31,32,35,36,37,39,40,41,42)/b5-4+/t21-,24+,28?/m0/s1. The van der Waals surface area contributed by atoms with Crippen molar-refractivity contribution in [1.29, 1.82) is 0 Å². The average molecular weight is 659 g/mol. The van der Waals surface area contributed by atoms with E-state index in [9.17, 15) is 39.6 Å². The SMILES string of the molecule is C[N+]1(C/C=C/C2=C(C(=O)O)N3C(=O)[C@H](NC(=O)/C=N\OC(C(=O)[O-])(c4ccc(O)c(O)c4)c4csc(N)n4)[C@H]3SC2)CCCC1. The van der Waals surface area contributed by atoms with E-state index in [4.69, 9.17) is 10.6 Å². The Labute approximate surface area is 264 Å². The number of oxime groups is 1. The second kappa shape index (κ2) is 12.4. The number of nitrogen functional groups attached to an aromatic ring is 1. The lowest BCUT2D eigenvalue weighted by atomic mass is 9.90. The highest BCUT2D eigenvalue weighted by Crippen LogP contribution is 2.41. The van der Waals surface area contributed by atoms with Gasteiger partial charge in [0.05, 0.1) is 32.7 Å². The number of nitrogens with one attached hydrogen (secondary N) is 1. The predicted octanol–water partition coefficient (Wildman–Crippen LogP) is -0.332. The summed E-state index contributed by atoms with van der Waals surface area (Å²) in [6.07, 6.45) is 6.60. The lowest BCUT2D eigenvalue weighted by Crippen LogP contribution is -2.70. The molecule has 0 spiro atoms. The Morgan fingerprint density at radius 3 is 2.64 bits per heavy atom. The summed E-state index contributed by atoms with van der Waals surface area (Å²) in [4.78, 5) is 60.8. The van der Waals surface area contributed by atoms with Crippen LogP contribution >= 0.6 is 23.1 Å². The van der Waals surface area contributed by atoms with Crippen molar-refractivity contribution in [3.63, 3.8) is 0 Å². The molecule has 17 heteroatoms. The molecule has 1 unspecified atom stereocenters. The van der Waals surface area contributed by atoms with Crippen LogP contribution in [0.1, 0.15) is 24.1 Å². The number of rotatable bonds is 11. The van der Waals surface area contributed by atoms with Crippen molar-refractivity contribution < 1.29 is 48.9 Å². The zero-order valence-corrected chi connectivity index (χ0v) is 25.5. The first-order valence-electron chi connectivity index (χ1n) is 13.7. The number of thiazole rings is 1. The van der Waals surface area contributed by atoms with Crippen LogP contribution in [-0.4, -0.2) is 104 Å². The molecule has 2 saturated heterocycles. The Kier molecular flexibility index (Phi) is 8.77. The minimum atomic E-state index is -2.59. The smallest absolute Gasteiger partial charge is 0.352 e. The number of nitrogens with zero attached hydrogens (tertiary/aromatic N) is 4. The van der Waals surface area contributed by atoms with Crippen LogP contribution in [0.2, 0.25) is 0 Å². The summed E-state index contributed by atoms with van der Waals surface area (Å²) in [7, 11) is 2.15. The van der Waals surface area contributed by atoms with Crippen molar-refractivity contribution in [2.75, 3.05) is 38.2 Å². The fraction of sp³-hybridized carbons (Fsp3) is 0.357. The normalized spacial score (nSPS) is 22.2. The molecule has 0 saturated carbocycles. The van der Waals surface area contributed by atoms with Gasteiger partial charge in [-0.25, -0.2) is 9.78 Å². The molecule has 15 nitrogen and oxygen atoms in total. The van der Waals surface area contributed by atoms with Gasteiger partial charge in [0.1, 0.15) is 29.0 Å². The molecule has 6 N–H and O–H groups in total. The van der Waals surface area contributed by atoms with Crippen LogP contribution in [0.4, 0.5) is 5.13 Å². The van der Waals surface area contributed by atoms with Crippen molar-refractivity contribution >= 4 is 58.2 Å². The topological polar surface area (TPSA) is 228 Å². The lowest BCUT2D eigenvalue weighted by Gasteiger charge is -2.49. The number of phenolic OH excluding ortho intramolecular Hbond substituents is 2. The summed E-state index contributed by atoms with van der Waals surface area (Å²) in [6, 6.07) is 1.98. The number of aromatic hydroxyl groups is 2. The van der Waals surface area contributed by atoms with Crippen LogP contribution < -0.4 is 16.2 Å². The zero-order valence-electron chi connectivity index (χ0n) is 23.9. The third kappa shape index (κ3) is 6.05. The van der Waals surface area contributed by atoms with E-state index >= 15 is 0 Å². The first-order valence-corrected chi connectivity index (χ1v) is 15.7. The largest absolute Gasteiger partial charge is 0.545 e. The summed E-state index contributed by atoms with van der Waals surface area (Å²) in [6.45, 7) is 2.86. The summed E-state index contributed by atoms with van der Waals surface area (Å²) in [5.41, 5.74) is 2.94. The highest BCUT2D eigenvalue weighted by molar-refractivity contribution is 8.00. The number of aliphatic carboxylic acids is 2. The molecule has 5 rings (SSSR count). The number of benzene rings is 1. The van der Waals surface area contributed by atoms with E-state index in [1.54, 1.807) is 6.08 Å². The molecule has 1 aromatic carbocycles. The number of carbonyl (C=O) groups is 4. The van der Waals surface area contributed by atoms with Gasteiger partial charge in [0.2, 0.25) is 5.60 Å². The van der Waals surface area contributed by atoms with Gasteiger partial charge < -0.3 is 45.6 Å². The maximum absolute atomic E-state index is 13.0. The third-order valence-electron chi connectivity index (χ3n) is 7.92. The van der Waals surface area contributed by atoms with Gasteiger partial charge >= 0.3 is 5.97 Å². The van der Waals surface area contributed by atoms with Gasteiger partial charge in [-0.15, -0.1) is 23.1 Å². The number of aromatic nitrogens is 1. The van der Waals surface area contributed by atoms with Crippen molar-refractivity contribution in [3.05, 3.63) is 58.3 Å². The number of carbonyl (C=O) groups excluding carboxylic acids is 3. The summed E-state index contributed by atoms with van der Waals surface area (Å²) < 4.78 is 0.878. The van der Waals surface area contributed by atoms with Crippen molar-refractivity contribution in [3.8, 4) is 11.5 Å². The number of amides is 2. The predicted molar refractivity (Wildman–Crippen MR) is 161 cm³/mol. The highest BCUT2D eigenvalue weighted by Gasteiger charge is 2.54. The third-order valence-corrected chi connectivity index (χ3v) is 9.90. The van der Waals surface area contributed by atoms with Crippen molar-refractivity contribution in [2.45, 2.75) is 29.9 Å². The number of allylic oxidation sites excluding steroid dienone is 1. The molecule has 238 valence electrons. The number of likely N-dealkylation sites (tertiary alicyclic amines) is 1. The molecular formula is C28H30N6O9S2. The second-order valence-corrected chi connectivity index (χ2v) is 13.0. The molecule has 3 aliphatic heterocycles. The molecule has 4 heterocycles. The molecule has 3 aliphatic rings. The molecule has 1 aromatic heterocycles. The number of thioether (sulfide) groups is 1. The van der Waals surface area contributed by atoms with Gasteiger partial charge in [0, 0.05) is 29.5 Å². The van der Waals surface area contributed by atoms with Crippen LogP contribution in [0.15, 0.2) is 52.2 Å². The Balaban J connectivity index is 1.30. The van der Waals surface area contributed by atoms with Gasteiger partial charge in [0.15, 0.2) is 16.6 Å². The monoisotopic (exact) mass is 658 g/mol. The maximum atomic E-state index is 13.0. The first-order chi connectivity index (χ1) is 21.4. The number of β-lactam (4-membered cyclic amide) rings is 1. The molecule has 3 atom stereocenters. The number of nitrogens with two attached hydrogens (primary N) is 1. The molecule has 45 heavy (non-hydrogen) atoms. The van der Waals surface area contributed by atoms with Gasteiger partial charge in [-0.3, -0.25) is 14.5 Å². The highest BCUT2D eigenvalue weighted by atomic mass is 32.2. The average Bonchev–Trinajstić information content (AvgIpc) is 3.63. The van der Waals surface area contributed by atoms with Crippen molar-refractivity contribution in [1.82, 2.24) is 15.2 Å². The molecule has 0 bridgehead atoms. The fourth-order valence-electron chi connectivity index (χ4n) is 5.54. The summed E-state index contributed by atoms with van der Waals surface area (Å²) in [5.74, 6) is -5.57. The molecular weight excluding hydrogens is 628 g/mol. The number of likely N-dealkylation sites (N-methyl/N-ethyl adjacent to an activating group) is 1. The lowest BCUT2D eigenvalue weighted by molar-refractivity contribution is -0.891. The minimum absolute atomic E-state index is 0.0160. The van der Waals surface area contributed by atoms with E-state index < -0.39 is 52.3 Å². The van der Waals surface area contributed by atoms with E-state index in [1.165, 1.54) is 17.1 Å².